The van der Waals surface area contributed by atoms with Crippen LogP contribution in [0.1, 0.15) is 19.3 Å². The average Bonchev–Trinajstić information content (AvgIpc) is 2.65. The molecular formula is C16H18F6N3O4S-. The predicted molar refractivity (Wildman–Crippen MR) is 91.8 cm³/mol. The Labute approximate surface area is 170 Å². The minimum atomic E-state index is -5.77. The number of alkyl halides is 6. The average molecular weight is 462 g/mol. The minimum absolute atomic E-state index is 0.0715. The number of nitrogens with zero attached hydrogens (tertiary/aromatic N) is 3. The molecule has 0 N–H and O–H groups in total. The molecule has 30 heavy (non-hydrogen) atoms. The normalized spacial score (nSPS) is 17.1. The smallest absolute Gasteiger partial charge is 0.434 e. The van der Waals surface area contributed by atoms with E-state index in [1.165, 1.54) is 12.4 Å². The van der Waals surface area contributed by atoms with Gasteiger partial charge in [0.1, 0.15) is 0 Å². The van der Waals surface area contributed by atoms with Crippen molar-refractivity contribution in [3.05, 3.63) is 24.5 Å². The lowest BCUT2D eigenvalue weighted by Crippen LogP contribution is -2.49. The standard InChI is InChI=1S/C16H19F6N3O4S/c17-15(18,19)13(16(20,21)22)29-14(26)24-7-3-11(4-8-24)5-9-25(30(27)28)12-2-1-6-23-10-12/h1-2,6,10-11,13H,3-5,7-9H2,(H,27,28)/p-1. The lowest BCUT2D eigenvalue weighted by atomic mass is 9.94. The van der Waals surface area contributed by atoms with Crippen molar-refractivity contribution in [1.29, 1.82) is 0 Å². The van der Waals surface area contributed by atoms with Crippen molar-refractivity contribution in [2.45, 2.75) is 37.7 Å². The van der Waals surface area contributed by atoms with Gasteiger partial charge in [0.25, 0.3) is 6.10 Å². The lowest BCUT2D eigenvalue weighted by Gasteiger charge is -2.34. The summed E-state index contributed by atoms with van der Waals surface area (Å²) in [7, 11) is 0. The molecule has 0 spiro atoms. The molecule has 1 unspecified atom stereocenters. The molecule has 2 rings (SSSR count). The molecule has 1 aliphatic heterocycles. The van der Waals surface area contributed by atoms with Gasteiger partial charge < -0.3 is 18.5 Å². The highest BCUT2D eigenvalue weighted by atomic mass is 32.2. The number of aromatic nitrogens is 1. The number of likely N-dealkylation sites (tertiary alicyclic amines) is 1. The third-order valence-electron chi connectivity index (χ3n) is 4.54. The summed E-state index contributed by atoms with van der Waals surface area (Å²) >= 11 is -2.55. The molecule has 0 radical (unpaired) electrons. The van der Waals surface area contributed by atoms with Crippen LogP contribution >= 0.6 is 0 Å². The van der Waals surface area contributed by atoms with Crippen molar-refractivity contribution in [3.63, 3.8) is 0 Å². The van der Waals surface area contributed by atoms with Gasteiger partial charge in [-0.05, 0) is 37.3 Å². The highest BCUT2D eigenvalue weighted by Crippen LogP contribution is 2.36. The van der Waals surface area contributed by atoms with Gasteiger partial charge in [-0.2, -0.15) is 26.3 Å². The van der Waals surface area contributed by atoms with E-state index in [4.69, 9.17) is 0 Å². The van der Waals surface area contributed by atoms with Crippen LogP contribution in [0, 0.1) is 5.92 Å². The Bertz CT molecular complexity index is 712. The van der Waals surface area contributed by atoms with Crippen LogP contribution in [-0.4, -0.2) is 62.8 Å². The molecule has 0 aromatic carbocycles. The molecule has 1 aromatic heterocycles. The second kappa shape index (κ2) is 9.81. The number of hydrogen-bond donors (Lipinski definition) is 0. The summed E-state index contributed by atoms with van der Waals surface area (Å²) in [4.78, 5) is 16.4. The molecule has 14 heteroatoms. The zero-order valence-corrected chi connectivity index (χ0v) is 16.2. The van der Waals surface area contributed by atoms with E-state index in [1.54, 1.807) is 12.1 Å². The van der Waals surface area contributed by atoms with Gasteiger partial charge in [0.15, 0.2) is 0 Å². The number of pyridine rings is 1. The molecule has 170 valence electrons. The molecule has 0 bridgehead atoms. The highest BCUT2D eigenvalue weighted by molar-refractivity contribution is 7.80. The van der Waals surface area contributed by atoms with Crippen LogP contribution in [0.25, 0.3) is 0 Å². The summed E-state index contributed by atoms with van der Waals surface area (Å²) in [5.74, 6) is -0.0715. The lowest BCUT2D eigenvalue weighted by molar-refractivity contribution is -0.308. The van der Waals surface area contributed by atoms with E-state index < -0.39 is 35.8 Å². The van der Waals surface area contributed by atoms with Crippen molar-refractivity contribution >= 4 is 23.0 Å². The fourth-order valence-corrected chi connectivity index (χ4v) is 3.52. The summed E-state index contributed by atoms with van der Waals surface area (Å²) in [6.07, 6.45) is -13.6. The maximum absolute atomic E-state index is 12.5. The van der Waals surface area contributed by atoms with Gasteiger partial charge >= 0.3 is 18.4 Å². The second-order valence-electron chi connectivity index (χ2n) is 6.60. The molecule has 1 aliphatic rings. The van der Waals surface area contributed by atoms with Gasteiger partial charge in [0.05, 0.1) is 11.9 Å². The van der Waals surface area contributed by atoms with Gasteiger partial charge in [0, 0.05) is 37.1 Å². The molecule has 1 saturated heterocycles. The van der Waals surface area contributed by atoms with Crippen molar-refractivity contribution in [2.24, 2.45) is 5.92 Å². The van der Waals surface area contributed by atoms with Crippen molar-refractivity contribution < 1.29 is 44.6 Å². The first-order valence-corrected chi connectivity index (χ1v) is 9.78. The topological polar surface area (TPSA) is 85.8 Å². The number of piperidine rings is 1. The molecule has 1 atom stereocenters. The first kappa shape index (κ1) is 24.2. The van der Waals surface area contributed by atoms with Crippen molar-refractivity contribution in [3.8, 4) is 0 Å². The van der Waals surface area contributed by atoms with Crippen molar-refractivity contribution in [2.75, 3.05) is 23.9 Å². The van der Waals surface area contributed by atoms with E-state index in [0.717, 1.165) is 9.21 Å². The van der Waals surface area contributed by atoms with Crippen LogP contribution in [0.4, 0.5) is 36.8 Å². The van der Waals surface area contributed by atoms with Gasteiger partial charge in [-0.25, -0.2) is 4.79 Å². The Kier molecular flexibility index (Phi) is 7.91. The zero-order chi connectivity index (χ0) is 22.5. The summed E-state index contributed by atoms with van der Waals surface area (Å²) in [6, 6.07) is 3.12. The van der Waals surface area contributed by atoms with Crippen LogP contribution in [0.3, 0.4) is 0 Å². The second-order valence-corrected chi connectivity index (χ2v) is 7.47. The van der Waals surface area contributed by atoms with Crippen LogP contribution in [-0.2, 0) is 16.0 Å². The van der Waals surface area contributed by atoms with Crippen LogP contribution in [0.2, 0.25) is 0 Å². The van der Waals surface area contributed by atoms with Gasteiger partial charge in [-0.3, -0.25) is 9.19 Å². The number of amides is 1. The van der Waals surface area contributed by atoms with Gasteiger partial charge in [-0.1, -0.05) is 0 Å². The summed E-state index contributed by atoms with van der Waals surface area (Å²) in [6.45, 7) is -0.0836. The molecular weight excluding hydrogens is 444 g/mol. The zero-order valence-electron chi connectivity index (χ0n) is 15.4. The first-order valence-electron chi connectivity index (χ1n) is 8.75. The molecule has 1 aromatic rings. The Balaban J connectivity index is 1.87. The van der Waals surface area contributed by atoms with E-state index in [1.807, 2.05) is 0 Å². The minimum Gasteiger partial charge on any atom is -0.755 e. The Morgan fingerprint density at radius 1 is 1.27 bits per heavy atom. The molecule has 0 saturated carbocycles. The third kappa shape index (κ3) is 6.72. The maximum Gasteiger partial charge on any atom is 0.434 e. The fraction of sp³-hybridized carbons (Fsp3) is 0.625. The highest BCUT2D eigenvalue weighted by Gasteiger charge is 2.60. The molecule has 0 aliphatic carbocycles. The summed E-state index contributed by atoms with van der Waals surface area (Å²) in [5, 5.41) is 0. The number of halogens is 6. The molecule has 1 amide bonds. The largest absolute Gasteiger partial charge is 0.755 e. The van der Waals surface area contributed by atoms with Gasteiger partial charge in [-0.15, -0.1) is 0 Å². The Morgan fingerprint density at radius 3 is 2.33 bits per heavy atom. The third-order valence-corrected chi connectivity index (χ3v) is 5.29. The molecule has 1 fully saturated rings. The monoisotopic (exact) mass is 462 g/mol. The van der Waals surface area contributed by atoms with Crippen LogP contribution in [0.15, 0.2) is 24.5 Å². The number of anilines is 1. The van der Waals surface area contributed by atoms with Crippen molar-refractivity contribution in [1.82, 2.24) is 9.88 Å². The summed E-state index contributed by atoms with van der Waals surface area (Å²) < 4.78 is 103. The van der Waals surface area contributed by atoms with Crippen LogP contribution in [0.5, 0.6) is 0 Å². The number of hydrogen-bond acceptors (Lipinski definition) is 5. The Hall–Kier alpha value is -2.09. The molecule has 2 heterocycles. The molecule has 7 nitrogen and oxygen atoms in total. The maximum atomic E-state index is 12.5. The van der Waals surface area contributed by atoms with E-state index in [-0.39, 0.29) is 38.4 Å². The van der Waals surface area contributed by atoms with E-state index in [9.17, 15) is 39.9 Å². The van der Waals surface area contributed by atoms with E-state index in [0.29, 0.717) is 12.1 Å². The number of rotatable bonds is 6. The number of ether oxygens (including phenoxy) is 1. The fourth-order valence-electron chi connectivity index (χ4n) is 2.99. The SMILES string of the molecule is O=C(OC(C(F)(F)F)C(F)(F)F)N1CCC(CCN(c2cccnc2)S(=O)[O-])CC1. The summed E-state index contributed by atoms with van der Waals surface area (Å²) in [5.41, 5.74) is 0.359. The number of carbonyl (C=O) groups is 1. The Morgan fingerprint density at radius 2 is 1.87 bits per heavy atom. The number of carbonyl (C=O) groups excluding carboxylic acids is 1. The van der Waals surface area contributed by atoms with Crippen LogP contribution < -0.4 is 4.31 Å². The van der Waals surface area contributed by atoms with Gasteiger partial charge in [0.2, 0.25) is 0 Å². The quantitative estimate of drug-likeness (QED) is 0.478. The first-order chi connectivity index (χ1) is 13.9. The van der Waals surface area contributed by atoms with E-state index in [2.05, 4.69) is 9.72 Å². The predicted octanol–water partition coefficient (Wildman–Crippen LogP) is 3.41. The van der Waals surface area contributed by atoms with E-state index >= 15 is 0 Å².